The number of carbonyl (C=O) groups is 1. The molecule has 1 aromatic rings. The Balaban J connectivity index is 1.59. The van der Waals surface area contributed by atoms with Gasteiger partial charge in [0.25, 0.3) is 0 Å². The number of cyclic esters (lactones) is 1. The van der Waals surface area contributed by atoms with Gasteiger partial charge in [-0.25, -0.2) is 0 Å². The number of piperidine rings is 1. The van der Waals surface area contributed by atoms with E-state index < -0.39 is 0 Å². The largest absolute Gasteiger partial charge is 0.461 e. The summed E-state index contributed by atoms with van der Waals surface area (Å²) in [4.78, 5) is 20.7. The topological polar surface area (TPSA) is 71.7 Å². The second kappa shape index (κ2) is 6.34. The number of aromatic nitrogens is 2. The molecule has 7 heteroatoms. The fourth-order valence-corrected chi connectivity index (χ4v) is 3.44. The van der Waals surface area contributed by atoms with Crippen molar-refractivity contribution in [2.45, 2.75) is 57.8 Å². The second-order valence-electron chi connectivity index (χ2n) is 6.43. The zero-order valence-electron chi connectivity index (χ0n) is 13.5. The van der Waals surface area contributed by atoms with Crippen molar-refractivity contribution in [3.63, 3.8) is 0 Å². The smallest absolute Gasteiger partial charge is 0.323 e. The number of aryl methyl sites for hydroxylation is 1. The van der Waals surface area contributed by atoms with Gasteiger partial charge >= 0.3 is 5.97 Å². The van der Waals surface area contributed by atoms with Crippen molar-refractivity contribution < 1.29 is 14.1 Å². The molecule has 3 atom stereocenters. The van der Waals surface area contributed by atoms with E-state index in [4.69, 9.17) is 9.26 Å². The van der Waals surface area contributed by atoms with Crippen molar-refractivity contribution in [1.29, 1.82) is 0 Å². The molecule has 2 aliphatic heterocycles. The molecule has 0 N–H and O–H groups in total. The van der Waals surface area contributed by atoms with Crippen LogP contribution in [-0.4, -0.2) is 64.2 Å². The third-order valence-corrected chi connectivity index (χ3v) is 4.63. The highest BCUT2D eigenvalue weighted by atomic mass is 16.6. The SMILES string of the molecule is Cc1nc(CN2CCC[C@H](N(C)[C@H]3C[C@H](C)OC3=O)C2)no1. The van der Waals surface area contributed by atoms with Crippen LogP contribution in [-0.2, 0) is 16.1 Å². The molecule has 0 saturated carbocycles. The molecule has 0 aliphatic carbocycles. The van der Waals surface area contributed by atoms with Gasteiger partial charge < -0.3 is 9.26 Å². The molecular weight excluding hydrogens is 284 g/mol. The first-order chi connectivity index (χ1) is 10.5. The van der Waals surface area contributed by atoms with Gasteiger partial charge in [-0.05, 0) is 33.4 Å². The van der Waals surface area contributed by atoms with Crippen LogP contribution in [0.3, 0.4) is 0 Å². The Kier molecular flexibility index (Phi) is 4.44. The van der Waals surface area contributed by atoms with Crippen LogP contribution in [0.1, 0.15) is 37.9 Å². The molecule has 2 aliphatic rings. The quantitative estimate of drug-likeness (QED) is 0.768. The van der Waals surface area contributed by atoms with E-state index in [2.05, 4.69) is 19.9 Å². The normalized spacial score (nSPS) is 30.0. The molecule has 22 heavy (non-hydrogen) atoms. The fraction of sp³-hybridized carbons (Fsp3) is 0.800. The lowest BCUT2D eigenvalue weighted by molar-refractivity contribution is -0.145. The van der Waals surface area contributed by atoms with Crippen LogP contribution >= 0.6 is 0 Å². The predicted molar refractivity (Wildman–Crippen MR) is 79.1 cm³/mol. The van der Waals surface area contributed by atoms with E-state index in [0.717, 1.165) is 38.2 Å². The Bertz CT molecular complexity index is 533. The van der Waals surface area contributed by atoms with Gasteiger partial charge in [0.15, 0.2) is 5.82 Å². The summed E-state index contributed by atoms with van der Waals surface area (Å²) in [5.41, 5.74) is 0. The number of likely N-dealkylation sites (N-methyl/N-ethyl adjacent to an activating group) is 1. The van der Waals surface area contributed by atoms with Crippen molar-refractivity contribution in [3.05, 3.63) is 11.7 Å². The number of esters is 1. The second-order valence-corrected chi connectivity index (χ2v) is 6.43. The van der Waals surface area contributed by atoms with Crippen LogP contribution in [0, 0.1) is 6.92 Å². The molecule has 3 rings (SSSR count). The highest BCUT2D eigenvalue weighted by Gasteiger charge is 2.38. The van der Waals surface area contributed by atoms with Crippen molar-refractivity contribution in [2.24, 2.45) is 0 Å². The fourth-order valence-electron chi connectivity index (χ4n) is 3.44. The summed E-state index contributed by atoms with van der Waals surface area (Å²) in [6.07, 6.45) is 3.04. The van der Waals surface area contributed by atoms with Crippen LogP contribution in [0.5, 0.6) is 0 Å². The van der Waals surface area contributed by atoms with Crippen LogP contribution in [0.15, 0.2) is 4.52 Å². The standard InChI is InChI=1S/C15H24N4O3/c1-10-7-13(15(20)21-10)18(3)12-5-4-6-19(8-12)9-14-16-11(2)22-17-14/h10,12-13H,4-9H2,1-3H3/t10-,12-,13-/m0/s1. The van der Waals surface area contributed by atoms with E-state index in [1.807, 2.05) is 14.0 Å². The van der Waals surface area contributed by atoms with Gasteiger partial charge in [0, 0.05) is 25.9 Å². The predicted octanol–water partition coefficient (Wildman–Crippen LogP) is 0.978. The molecular formula is C15H24N4O3. The number of hydrogen-bond acceptors (Lipinski definition) is 7. The molecule has 122 valence electrons. The molecule has 0 amide bonds. The molecule has 0 spiro atoms. The molecule has 2 fully saturated rings. The van der Waals surface area contributed by atoms with E-state index in [-0.39, 0.29) is 18.1 Å². The lowest BCUT2D eigenvalue weighted by Gasteiger charge is -2.38. The minimum Gasteiger partial charge on any atom is -0.461 e. The van der Waals surface area contributed by atoms with Gasteiger partial charge in [-0.15, -0.1) is 0 Å². The van der Waals surface area contributed by atoms with Crippen LogP contribution in [0.4, 0.5) is 0 Å². The highest BCUT2D eigenvalue weighted by molar-refractivity contribution is 5.78. The summed E-state index contributed by atoms with van der Waals surface area (Å²) in [7, 11) is 2.04. The van der Waals surface area contributed by atoms with E-state index in [0.29, 0.717) is 18.5 Å². The first-order valence-electron chi connectivity index (χ1n) is 7.97. The highest BCUT2D eigenvalue weighted by Crippen LogP contribution is 2.24. The van der Waals surface area contributed by atoms with Crippen molar-refractivity contribution in [3.8, 4) is 0 Å². The van der Waals surface area contributed by atoms with Crippen molar-refractivity contribution in [1.82, 2.24) is 19.9 Å². The first-order valence-corrected chi connectivity index (χ1v) is 7.97. The minimum absolute atomic E-state index is 0.0296. The Labute approximate surface area is 130 Å². The summed E-state index contributed by atoms with van der Waals surface area (Å²) in [5.74, 6) is 1.25. The van der Waals surface area contributed by atoms with Gasteiger partial charge in [0.1, 0.15) is 12.1 Å². The Morgan fingerprint density at radius 2 is 2.27 bits per heavy atom. The number of likely N-dealkylation sites (tertiary alicyclic amines) is 1. The van der Waals surface area contributed by atoms with Gasteiger partial charge in [0.2, 0.25) is 5.89 Å². The molecule has 2 saturated heterocycles. The van der Waals surface area contributed by atoms with E-state index in [9.17, 15) is 4.79 Å². The van der Waals surface area contributed by atoms with Gasteiger partial charge in [-0.3, -0.25) is 14.6 Å². The first kappa shape index (κ1) is 15.4. The molecule has 0 aromatic carbocycles. The van der Waals surface area contributed by atoms with Crippen molar-refractivity contribution in [2.75, 3.05) is 20.1 Å². The number of carbonyl (C=O) groups excluding carboxylic acids is 1. The Morgan fingerprint density at radius 3 is 2.91 bits per heavy atom. The minimum atomic E-state index is -0.104. The number of ether oxygens (including phenoxy) is 1. The third-order valence-electron chi connectivity index (χ3n) is 4.63. The number of rotatable bonds is 4. The average molecular weight is 308 g/mol. The lowest BCUT2D eigenvalue weighted by Crippen LogP contribution is -2.51. The molecule has 7 nitrogen and oxygen atoms in total. The van der Waals surface area contributed by atoms with Gasteiger partial charge in [-0.1, -0.05) is 5.16 Å². The van der Waals surface area contributed by atoms with E-state index in [1.54, 1.807) is 6.92 Å². The maximum absolute atomic E-state index is 11.9. The van der Waals surface area contributed by atoms with Gasteiger partial charge in [-0.2, -0.15) is 4.98 Å². The Morgan fingerprint density at radius 1 is 1.45 bits per heavy atom. The van der Waals surface area contributed by atoms with Gasteiger partial charge in [0.05, 0.1) is 6.54 Å². The van der Waals surface area contributed by atoms with Crippen LogP contribution in [0.2, 0.25) is 0 Å². The summed E-state index contributed by atoms with van der Waals surface area (Å²) >= 11 is 0. The van der Waals surface area contributed by atoms with Crippen LogP contribution in [0.25, 0.3) is 0 Å². The lowest BCUT2D eigenvalue weighted by atomic mass is 10.0. The summed E-state index contributed by atoms with van der Waals surface area (Å²) < 4.78 is 10.3. The third kappa shape index (κ3) is 3.30. The van der Waals surface area contributed by atoms with Crippen LogP contribution < -0.4 is 0 Å². The van der Waals surface area contributed by atoms with E-state index in [1.165, 1.54) is 0 Å². The maximum Gasteiger partial charge on any atom is 0.323 e. The molecule has 0 unspecified atom stereocenters. The van der Waals surface area contributed by atoms with Crippen molar-refractivity contribution >= 4 is 5.97 Å². The maximum atomic E-state index is 11.9. The molecule has 0 radical (unpaired) electrons. The zero-order valence-corrected chi connectivity index (χ0v) is 13.5. The monoisotopic (exact) mass is 308 g/mol. The zero-order chi connectivity index (χ0) is 15.7. The number of hydrogen-bond donors (Lipinski definition) is 0. The summed E-state index contributed by atoms with van der Waals surface area (Å²) in [5, 5.41) is 3.96. The average Bonchev–Trinajstić information content (AvgIpc) is 3.04. The summed E-state index contributed by atoms with van der Waals surface area (Å²) in [6.45, 7) is 6.41. The molecule has 1 aromatic heterocycles. The number of nitrogens with zero attached hydrogens (tertiary/aromatic N) is 4. The molecule has 0 bridgehead atoms. The van der Waals surface area contributed by atoms with E-state index >= 15 is 0 Å². The summed E-state index contributed by atoms with van der Waals surface area (Å²) in [6, 6.07) is 0.261. The Hall–Kier alpha value is -1.47. The molecule has 3 heterocycles.